The summed E-state index contributed by atoms with van der Waals surface area (Å²) < 4.78 is 5.86. The molecule has 0 atom stereocenters. The van der Waals surface area contributed by atoms with Gasteiger partial charge in [0.25, 0.3) is 11.8 Å². The van der Waals surface area contributed by atoms with Gasteiger partial charge in [-0.05, 0) is 42.5 Å². The van der Waals surface area contributed by atoms with Gasteiger partial charge in [-0.15, -0.1) is 0 Å². The van der Waals surface area contributed by atoms with Crippen LogP contribution in [0.25, 0.3) is 0 Å². The number of para-hydroxylation sites is 1. The van der Waals surface area contributed by atoms with E-state index >= 15 is 0 Å². The van der Waals surface area contributed by atoms with Gasteiger partial charge in [-0.2, -0.15) is 0 Å². The summed E-state index contributed by atoms with van der Waals surface area (Å²) in [5.41, 5.74) is 3.47. The monoisotopic (exact) mass is 356 g/mol. The van der Waals surface area contributed by atoms with Gasteiger partial charge in [-0.25, -0.2) is 4.90 Å². The number of hydrogen-bond acceptors (Lipinski definition) is 4. The second kappa shape index (κ2) is 5.99. The van der Waals surface area contributed by atoms with Crippen LogP contribution in [0.3, 0.4) is 0 Å². The van der Waals surface area contributed by atoms with E-state index < -0.39 is 0 Å². The minimum Gasteiger partial charge on any atom is -0.473 e. The van der Waals surface area contributed by atoms with Gasteiger partial charge in [0.15, 0.2) is 6.73 Å². The number of amides is 2. The number of rotatable bonds is 2. The first-order valence-corrected chi connectivity index (χ1v) is 8.76. The lowest BCUT2D eigenvalue weighted by Crippen LogP contribution is -2.33. The first-order valence-electron chi connectivity index (χ1n) is 8.76. The lowest BCUT2D eigenvalue weighted by molar-refractivity contribution is 0.0926. The number of anilines is 2. The molecule has 3 aromatic rings. The number of fused-ring (bicyclic) bond motifs is 2. The van der Waals surface area contributed by atoms with Gasteiger partial charge in [-0.1, -0.05) is 30.3 Å². The van der Waals surface area contributed by atoms with E-state index in [-0.39, 0.29) is 11.8 Å². The summed E-state index contributed by atoms with van der Waals surface area (Å²) in [6.07, 6.45) is 0. The molecule has 0 N–H and O–H groups in total. The lowest BCUT2D eigenvalue weighted by Gasteiger charge is -2.31. The fraction of sp³-hybridized carbons (Fsp3) is 0.0909. The third-order valence-electron chi connectivity index (χ3n) is 4.95. The van der Waals surface area contributed by atoms with Crippen molar-refractivity contribution in [3.05, 3.63) is 89.5 Å². The van der Waals surface area contributed by atoms with Crippen LogP contribution in [0.5, 0.6) is 5.75 Å². The third-order valence-corrected chi connectivity index (χ3v) is 4.95. The van der Waals surface area contributed by atoms with Crippen LogP contribution in [0.2, 0.25) is 0 Å². The van der Waals surface area contributed by atoms with E-state index in [2.05, 4.69) is 4.90 Å². The highest BCUT2D eigenvalue weighted by Crippen LogP contribution is 2.34. The van der Waals surface area contributed by atoms with E-state index in [4.69, 9.17) is 4.74 Å². The molecule has 0 saturated heterocycles. The van der Waals surface area contributed by atoms with Crippen LogP contribution in [0.4, 0.5) is 11.4 Å². The zero-order chi connectivity index (χ0) is 18.4. The Balaban J connectivity index is 1.49. The predicted molar refractivity (Wildman–Crippen MR) is 102 cm³/mol. The second-order valence-corrected chi connectivity index (χ2v) is 6.59. The predicted octanol–water partition coefficient (Wildman–Crippen LogP) is 3.84. The number of carbonyl (C=O) groups excluding carboxylic acids is 2. The Morgan fingerprint density at radius 1 is 0.741 bits per heavy atom. The Labute approximate surface area is 156 Å². The van der Waals surface area contributed by atoms with Crippen molar-refractivity contribution in [1.29, 1.82) is 0 Å². The smallest absolute Gasteiger partial charge is 0.266 e. The molecule has 2 amide bonds. The summed E-state index contributed by atoms with van der Waals surface area (Å²) in [5.74, 6) is 0.210. The first-order chi connectivity index (χ1) is 13.2. The third kappa shape index (κ3) is 2.47. The van der Waals surface area contributed by atoms with Gasteiger partial charge >= 0.3 is 0 Å². The van der Waals surface area contributed by atoms with Gasteiger partial charge in [0.1, 0.15) is 5.75 Å². The maximum atomic E-state index is 12.7. The van der Waals surface area contributed by atoms with Crippen molar-refractivity contribution in [2.45, 2.75) is 6.54 Å². The van der Waals surface area contributed by atoms with Crippen molar-refractivity contribution in [3.8, 4) is 5.75 Å². The van der Waals surface area contributed by atoms with Gasteiger partial charge < -0.3 is 9.64 Å². The fourth-order valence-corrected chi connectivity index (χ4v) is 3.60. The molecule has 132 valence electrons. The summed E-state index contributed by atoms with van der Waals surface area (Å²) in [4.78, 5) is 28.8. The van der Waals surface area contributed by atoms with E-state index in [1.807, 2.05) is 42.5 Å². The van der Waals surface area contributed by atoms with Crippen molar-refractivity contribution in [2.75, 3.05) is 16.5 Å². The zero-order valence-corrected chi connectivity index (χ0v) is 14.5. The maximum Gasteiger partial charge on any atom is 0.266 e. The molecule has 0 bridgehead atoms. The molecule has 2 aliphatic heterocycles. The first kappa shape index (κ1) is 15.6. The molecule has 2 aliphatic rings. The minimum absolute atomic E-state index is 0.285. The number of carbonyl (C=O) groups is 2. The molecule has 0 aliphatic carbocycles. The van der Waals surface area contributed by atoms with Crippen LogP contribution in [0.1, 0.15) is 26.3 Å². The van der Waals surface area contributed by atoms with E-state index in [0.29, 0.717) is 30.1 Å². The van der Waals surface area contributed by atoms with Gasteiger partial charge in [0.05, 0.1) is 16.8 Å². The fourth-order valence-electron chi connectivity index (χ4n) is 3.60. The van der Waals surface area contributed by atoms with Crippen molar-refractivity contribution < 1.29 is 14.3 Å². The number of nitrogens with zero attached hydrogens (tertiary/aromatic N) is 2. The summed E-state index contributed by atoms with van der Waals surface area (Å²) in [5, 5.41) is 0. The number of ether oxygens (including phenoxy) is 1. The van der Waals surface area contributed by atoms with Crippen molar-refractivity contribution >= 4 is 23.2 Å². The highest BCUT2D eigenvalue weighted by Gasteiger charge is 2.36. The average Bonchev–Trinajstić information content (AvgIpc) is 2.98. The number of benzene rings is 3. The minimum atomic E-state index is -0.285. The van der Waals surface area contributed by atoms with Crippen LogP contribution in [-0.2, 0) is 6.54 Å². The van der Waals surface area contributed by atoms with Gasteiger partial charge in [0.2, 0.25) is 0 Å². The molecule has 0 unspecified atom stereocenters. The van der Waals surface area contributed by atoms with Crippen molar-refractivity contribution in [1.82, 2.24) is 0 Å². The Morgan fingerprint density at radius 3 is 2.11 bits per heavy atom. The van der Waals surface area contributed by atoms with E-state index in [9.17, 15) is 9.59 Å². The largest absolute Gasteiger partial charge is 0.473 e. The topological polar surface area (TPSA) is 49.9 Å². The van der Waals surface area contributed by atoms with Crippen molar-refractivity contribution in [3.63, 3.8) is 0 Å². The molecule has 2 heterocycles. The quantitative estimate of drug-likeness (QED) is 0.655. The molecular weight excluding hydrogens is 340 g/mol. The summed E-state index contributed by atoms with van der Waals surface area (Å²) in [6, 6.07) is 22.4. The number of imide groups is 1. The molecule has 0 fully saturated rings. The van der Waals surface area contributed by atoms with E-state index in [1.165, 1.54) is 4.90 Å². The molecule has 5 nitrogen and oxygen atoms in total. The highest BCUT2D eigenvalue weighted by atomic mass is 16.5. The molecule has 0 spiro atoms. The Kier molecular flexibility index (Phi) is 3.47. The second-order valence-electron chi connectivity index (χ2n) is 6.59. The summed E-state index contributed by atoms with van der Waals surface area (Å²) >= 11 is 0. The SMILES string of the molecule is O=C1c2ccccc2C(=O)N1c1ccc2c(c1)CN(c1ccccc1)CO2. The Bertz CT molecular complexity index is 1030. The average molecular weight is 356 g/mol. The number of hydrogen-bond donors (Lipinski definition) is 0. The van der Waals surface area contributed by atoms with Crippen LogP contribution in [0, 0.1) is 0 Å². The van der Waals surface area contributed by atoms with E-state index in [0.717, 1.165) is 17.0 Å². The highest BCUT2D eigenvalue weighted by molar-refractivity contribution is 6.34. The molecule has 3 aromatic carbocycles. The molecule has 0 radical (unpaired) electrons. The standard InChI is InChI=1S/C22H16N2O3/c25-21-18-8-4-5-9-19(18)22(26)24(21)17-10-11-20-15(12-17)13-23(14-27-20)16-6-2-1-3-7-16/h1-12H,13-14H2. The molecular formula is C22H16N2O3. The summed E-state index contributed by atoms with van der Waals surface area (Å²) in [7, 11) is 0. The molecule has 0 saturated carbocycles. The Morgan fingerprint density at radius 2 is 1.41 bits per heavy atom. The van der Waals surface area contributed by atoms with Crippen LogP contribution < -0.4 is 14.5 Å². The molecule has 5 heteroatoms. The van der Waals surface area contributed by atoms with Crippen molar-refractivity contribution in [2.24, 2.45) is 0 Å². The van der Waals surface area contributed by atoms with Crippen LogP contribution in [0.15, 0.2) is 72.8 Å². The normalized spacial score (nSPS) is 15.4. The molecule has 0 aromatic heterocycles. The summed E-state index contributed by atoms with van der Waals surface area (Å²) in [6.45, 7) is 1.11. The van der Waals surface area contributed by atoms with Gasteiger partial charge in [0, 0.05) is 17.8 Å². The molecule has 5 rings (SSSR count). The Hall–Kier alpha value is -3.60. The van der Waals surface area contributed by atoms with E-state index in [1.54, 1.807) is 30.3 Å². The van der Waals surface area contributed by atoms with Crippen LogP contribution in [-0.4, -0.2) is 18.5 Å². The van der Waals surface area contributed by atoms with Gasteiger partial charge in [-0.3, -0.25) is 9.59 Å². The van der Waals surface area contributed by atoms with Crippen LogP contribution >= 0.6 is 0 Å². The lowest BCUT2D eigenvalue weighted by atomic mass is 10.1. The maximum absolute atomic E-state index is 12.7. The zero-order valence-electron chi connectivity index (χ0n) is 14.5. The molecule has 27 heavy (non-hydrogen) atoms.